The van der Waals surface area contributed by atoms with Gasteiger partial charge in [-0.05, 0) is 49.9 Å². The van der Waals surface area contributed by atoms with Gasteiger partial charge in [0.05, 0.1) is 0 Å². The van der Waals surface area contributed by atoms with Crippen LogP contribution < -0.4 is 5.32 Å². The third-order valence-corrected chi connectivity index (χ3v) is 3.42. The molecule has 2 nitrogen and oxygen atoms in total. The van der Waals surface area contributed by atoms with Crippen LogP contribution in [0.2, 0.25) is 0 Å². The van der Waals surface area contributed by atoms with Crippen LogP contribution in [0.1, 0.15) is 31.9 Å². The first-order chi connectivity index (χ1) is 7.58. The van der Waals surface area contributed by atoms with E-state index >= 15 is 0 Å². The molecule has 0 heterocycles. The zero-order valence-electron chi connectivity index (χ0n) is 9.70. The lowest BCUT2D eigenvalue weighted by Gasteiger charge is -2.15. The van der Waals surface area contributed by atoms with Gasteiger partial charge in [0.25, 0.3) is 0 Å². The highest BCUT2D eigenvalue weighted by atomic mass is 19.1. The Morgan fingerprint density at radius 3 is 2.88 bits per heavy atom. The topological polar surface area (TPSA) is 32.3 Å². The van der Waals surface area contributed by atoms with E-state index in [0.717, 1.165) is 18.4 Å². The molecule has 0 aliphatic heterocycles. The summed E-state index contributed by atoms with van der Waals surface area (Å²) in [6.07, 6.45) is 1.27. The molecular weight excluding hydrogens is 205 g/mol. The van der Waals surface area contributed by atoms with Crippen molar-refractivity contribution >= 4 is 0 Å². The van der Waals surface area contributed by atoms with Gasteiger partial charge in [0.1, 0.15) is 11.6 Å². The standard InChI is InChI=1S/C13H18FNO/c1-8-5-10(8)7-15-9(2)12-6-11(14)3-4-13(12)16/h3-4,6,8-10,15-16H,5,7H2,1-2H3. The molecule has 1 fully saturated rings. The third-order valence-electron chi connectivity index (χ3n) is 3.42. The van der Waals surface area contributed by atoms with Gasteiger partial charge >= 0.3 is 0 Å². The highest BCUT2D eigenvalue weighted by Gasteiger charge is 2.32. The monoisotopic (exact) mass is 223 g/mol. The fraction of sp³-hybridized carbons (Fsp3) is 0.538. The van der Waals surface area contributed by atoms with Gasteiger partial charge in [-0.25, -0.2) is 4.39 Å². The van der Waals surface area contributed by atoms with Gasteiger partial charge in [0.15, 0.2) is 0 Å². The Morgan fingerprint density at radius 2 is 2.25 bits per heavy atom. The average molecular weight is 223 g/mol. The minimum atomic E-state index is -0.304. The number of halogens is 1. The van der Waals surface area contributed by atoms with Crippen LogP contribution in [0.3, 0.4) is 0 Å². The van der Waals surface area contributed by atoms with Crippen LogP contribution in [0.4, 0.5) is 4.39 Å². The summed E-state index contributed by atoms with van der Waals surface area (Å²) >= 11 is 0. The highest BCUT2D eigenvalue weighted by molar-refractivity contribution is 5.34. The number of hydrogen-bond acceptors (Lipinski definition) is 2. The van der Waals surface area contributed by atoms with Crippen molar-refractivity contribution in [2.24, 2.45) is 11.8 Å². The summed E-state index contributed by atoms with van der Waals surface area (Å²) in [6, 6.07) is 4.06. The van der Waals surface area contributed by atoms with Crippen LogP contribution in [0, 0.1) is 17.7 Å². The first kappa shape index (κ1) is 11.4. The predicted molar refractivity (Wildman–Crippen MR) is 61.8 cm³/mol. The van der Waals surface area contributed by atoms with E-state index in [0.29, 0.717) is 5.56 Å². The quantitative estimate of drug-likeness (QED) is 0.822. The predicted octanol–water partition coefficient (Wildman–Crippen LogP) is 2.84. The molecular formula is C13H18FNO. The molecule has 3 heteroatoms. The Kier molecular flexibility index (Phi) is 3.15. The van der Waals surface area contributed by atoms with E-state index < -0.39 is 0 Å². The van der Waals surface area contributed by atoms with Gasteiger partial charge < -0.3 is 10.4 Å². The van der Waals surface area contributed by atoms with Crippen LogP contribution in [0.25, 0.3) is 0 Å². The van der Waals surface area contributed by atoms with E-state index in [1.54, 1.807) is 0 Å². The van der Waals surface area contributed by atoms with Crippen LogP contribution in [0.15, 0.2) is 18.2 Å². The van der Waals surface area contributed by atoms with E-state index in [4.69, 9.17) is 0 Å². The molecule has 0 radical (unpaired) electrons. The number of benzene rings is 1. The molecule has 2 N–H and O–H groups in total. The normalized spacial score (nSPS) is 25.4. The third kappa shape index (κ3) is 2.53. The Labute approximate surface area is 95.5 Å². The summed E-state index contributed by atoms with van der Waals surface area (Å²) in [5.74, 6) is 1.41. The second-order valence-electron chi connectivity index (χ2n) is 4.81. The lowest BCUT2D eigenvalue weighted by atomic mass is 10.1. The summed E-state index contributed by atoms with van der Waals surface area (Å²) in [4.78, 5) is 0. The van der Waals surface area contributed by atoms with Crippen molar-refractivity contribution < 1.29 is 9.50 Å². The molecule has 1 aromatic carbocycles. The lowest BCUT2D eigenvalue weighted by Crippen LogP contribution is -2.21. The summed E-state index contributed by atoms with van der Waals surface area (Å²) in [5, 5.41) is 13.0. The molecule has 1 aliphatic rings. The number of phenols is 1. The molecule has 0 aromatic heterocycles. The fourth-order valence-electron chi connectivity index (χ4n) is 1.99. The van der Waals surface area contributed by atoms with Crippen molar-refractivity contribution in [1.82, 2.24) is 5.32 Å². The number of aromatic hydroxyl groups is 1. The summed E-state index contributed by atoms with van der Waals surface area (Å²) in [5.41, 5.74) is 0.633. The van der Waals surface area contributed by atoms with Gasteiger partial charge in [-0.3, -0.25) is 0 Å². The van der Waals surface area contributed by atoms with Crippen molar-refractivity contribution in [3.63, 3.8) is 0 Å². The Balaban J connectivity index is 1.96. The Bertz CT molecular complexity index is 380. The van der Waals surface area contributed by atoms with Crippen LogP contribution in [-0.2, 0) is 0 Å². The molecule has 0 amide bonds. The van der Waals surface area contributed by atoms with E-state index in [-0.39, 0.29) is 17.6 Å². The molecule has 0 spiro atoms. The molecule has 2 rings (SSSR count). The summed E-state index contributed by atoms with van der Waals surface area (Å²) in [6.45, 7) is 5.12. The van der Waals surface area contributed by atoms with Gasteiger partial charge in [-0.15, -0.1) is 0 Å². The molecule has 1 saturated carbocycles. The molecule has 88 valence electrons. The van der Waals surface area contributed by atoms with E-state index in [9.17, 15) is 9.50 Å². The fourth-order valence-corrected chi connectivity index (χ4v) is 1.99. The van der Waals surface area contributed by atoms with Crippen molar-refractivity contribution in [2.45, 2.75) is 26.3 Å². The largest absolute Gasteiger partial charge is 0.508 e. The SMILES string of the molecule is CC(NCC1CC1C)c1cc(F)ccc1O. The van der Waals surface area contributed by atoms with E-state index in [2.05, 4.69) is 12.2 Å². The number of hydrogen-bond donors (Lipinski definition) is 2. The Hall–Kier alpha value is -1.09. The number of phenolic OH excluding ortho intramolecular Hbond substituents is 1. The number of rotatable bonds is 4. The maximum absolute atomic E-state index is 13.0. The average Bonchev–Trinajstić information content (AvgIpc) is 2.95. The maximum Gasteiger partial charge on any atom is 0.123 e. The molecule has 3 atom stereocenters. The highest BCUT2D eigenvalue weighted by Crippen LogP contribution is 2.37. The minimum Gasteiger partial charge on any atom is -0.508 e. The van der Waals surface area contributed by atoms with Gasteiger partial charge in [-0.1, -0.05) is 6.92 Å². The second kappa shape index (κ2) is 4.42. The lowest BCUT2D eigenvalue weighted by molar-refractivity contribution is 0.446. The van der Waals surface area contributed by atoms with Crippen molar-refractivity contribution in [3.8, 4) is 5.75 Å². The van der Waals surface area contributed by atoms with Gasteiger partial charge in [-0.2, -0.15) is 0 Å². The van der Waals surface area contributed by atoms with Crippen LogP contribution in [-0.4, -0.2) is 11.7 Å². The minimum absolute atomic E-state index is 0.0106. The molecule has 3 unspecified atom stereocenters. The second-order valence-corrected chi connectivity index (χ2v) is 4.81. The van der Waals surface area contributed by atoms with Crippen molar-refractivity contribution in [2.75, 3.05) is 6.54 Å². The number of nitrogens with one attached hydrogen (secondary N) is 1. The maximum atomic E-state index is 13.0. The summed E-state index contributed by atoms with van der Waals surface area (Å²) in [7, 11) is 0. The first-order valence-corrected chi connectivity index (χ1v) is 5.79. The van der Waals surface area contributed by atoms with Crippen molar-refractivity contribution in [3.05, 3.63) is 29.6 Å². The first-order valence-electron chi connectivity index (χ1n) is 5.79. The van der Waals surface area contributed by atoms with E-state index in [1.165, 1.54) is 24.6 Å². The summed E-state index contributed by atoms with van der Waals surface area (Å²) < 4.78 is 13.0. The molecule has 0 bridgehead atoms. The van der Waals surface area contributed by atoms with E-state index in [1.807, 2.05) is 6.92 Å². The smallest absolute Gasteiger partial charge is 0.123 e. The van der Waals surface area contributed by atoms with Crippen molar-refractivity contribution in [1.29, 1.82) is 0 Å². The van der Waals surface area contributed by atoms with Gasteiger partial charge in [0, 0.05) is 11.6 Å². The Morgan fingerprint density at radius 1 is 1.56 bits per heavy atom. The molecule has 16 heavy (non-hydrogen) atoms. The van der Waals surface area contributed by atoms with Gasteiger partial charge in [0.2, 0.25) is 0 Å². The van der Waals surface area contributed by atoms with Crippen LogP contribution >= 0.6 is 0 Å². The molecule has 1 aromatic rings. The molecule has 1 aliphatic carbocycles. The zero-order chi connectivity index (χ0) is 11.7. The zero-order valence-corrected chi connectivity index (χ0v) is 9.70. The molecule has 0 saturated heterocycles. The van der Waals surface area contributed by atoms with Crippen LogP contribution in [0.5, 0.6) is 5.75 Å².